The number of hydrogen-bond acceptors (Lipinski definition) is 4. The second-order valence-electron chi connectivity index (χ2n) is 5.91. The molecule has 0 bridgehead atoms. The van der Waals surface area contributed by atoms with Gasteiger partial charge in [0.05, 0.1) is 16.3 Å². The Bertz CT molecular complexity index is 1090. The van der Waals surface area contributed by atoms with Gasteiger partial charge in [-0.25, -0.2) is 9.50 Å². The van der Waals surface area contributed by atoms with E-state index in [2.05, 4.69) is 24.0 Å². The highest BCUT2D eigenvalue weighted by Gasteiger charge is 2.17. The first-order valence-electron chi connectivity index (χ1n) is 8.36. The lowest BCUT2D eigenvalue weighted by Crippen LogP contribution is -1.96. The summed E-state index contributed by atoms with van der Waals surface area (Å²) in [5.74, 6) is 0. The molecule has 0 aliphatic carbocycles. The van der Waals surface area contributed by atoms with Crippen molar-refractivity contribution in [3.63, 3.8) is 0 Å². The van der Waals surface area contributed by atoms with Crippen molar-refractivity contribution in [1.82, 2.24) is 14.6 Å². The first-order valence-corrected chi connectivity index (χ1v) is 8.36. The van der Waals surface area contributed by atoms with Crippen LogP contribution in [0, 0.1) is 10.1 Å². The third kappa shape index (κ3) is 2.61. The molecule has 6 nitrogen and oxygen atoms in total. The molecule has 26 heavy (non-hydrogen) atoms. The maximum absolute atomic E-state index is 10.9. The molecule has 0 fully saturated rings. The number of aromatic nitrogens is 3. The third-order valence-electron chi connectivity index (χ3n) is 4.36. The minimum absolute atomic E-state index is 0.0683. The highest BCUT2D eigenvalue weighted by Crippen LogP contribution is 2.31. The molecule has 6 heteroatoms. The SMILES string of the molecule is CCc1nn2c(-c3ccc([N+](=O)[O-])cc3)ccnc2c1-c1ccccc1. The van der Waals surface area contributed by atoms with Crippen LogP contribution < -0.4 is 0 Å². The summed E-state index contributed by atoms with van der Waals surface area (Å²) in [6.07, 6.45) is 2.53. The Labute approximate surface area is 149 Å². The lowest BCUT2D eigenvalue weighted by Gasteiger charge is -2.05. The summed E-state index contributed by atoms with van der Waals surface area (Å²) in [5.41, 5.74) is 5.62. The molecule has 0 aliphatic heterocycles. The van der Waals surface area contributed by atoms with E-state index in [9.17, 15) is 10.1 Å². The zero-order chi connectivity index (χ0) is 18.1. The van der Waals surface area contributed by atoms with E-state index in [0.717, 1.165) is 40.1 Å². The molecular formula is C20H16N4O2. The molecule has 0 atom stereocenters. The van der Waals surface area contributed by atoms with Crippen LogP contribution in [0.5, 0.6) is 0 Å². The number of nitro groups is 1. The van der Waals surface area contributed by atoms with E-state index >= 15 is 0 Å². The Morgan fingerprint density at radius 1 is 1.00 bits per heavy atom. The highest BCUT2D eigenvalue weighted by molar-refractivity contribution is 5.81. The second-order valence-corrected chi connectivity index (χ2v) is 5.91. The van der Waals surface area contributed by atoms with Crippen molar-refractivity contribution in [2.45, 2.75) is 13.3 Å². The van der Waals surface area contributed by atoms with Gasteiger partial charge in [0.1, 0.15) is 0 Å². The van der Waals surface area contributed by atoms with Gasteiger partial charge in [0.15, 0.2) is 5.65 Å². The fourth-order valence-corrected chi connectivity index (χ4v) is 3.11. The van der Waals surface area contributed by atoms with Crippen molar-refractivity contribution < 1.29 is 4.92 Å². The van der Waals surface area contributed by atoms with Crippen LogP contribution >= 0.6 is 0 Å². The van der Waals surface area contributed by atoms with Crippen LogP contribution in [0.2, 0.25) is 0 Å². The summed E-state index contributed by atoms with van der Waals surface area (Å²) in [6.45, 7) is 2.07. The van der Waals surface area contributed by atoms with Gasteiger partial charge in [-0.3, -0.25) is 10.1 Å². The van der Waals surface area contributed by atoms with Crippen LogP contribution in [0.1, 0.15) is 12.6 Å². The Morgan fingerprint density at radius 2 is 1.73 bits per heavy atom. The van der Waals surface area contributed by atoms with Crippen molar-refractivity contribution in [1.29, 1.82) is 0 Å². The maximum atomic E-state index is 10.9. The third-order valence-corrected chi connectivity index (χ3v) is 4.36. The minimum Gasteiger partial charge on any atom is -0.258 e. The number of hydrogen-bond donors (Lipinski definition) is 0. The molecule has 0 aliphatic rings. The predicted molar refractivity (Wildman–Crippen MR) is 99.9 cm³/mol. The molecule has 0 saturated heterocycles. The first-order chi connectivity index (χ1) is 12.7. The number of rotatable bonds is 4. The number of nitrogens with zero attached hydrogens (tertiary/aromatic N) is 4. The standard InChI is InChI=1S/C20H16N4O2/c1-2-17-19(15-6-4-3-5-7-15)20-21-13-12-18(23(20)22-17)14-8-10-16(11-9-14)24(25)26/h3-13H,2H2,1H3. The van der Waals surface area contributed by atoms with E-state index in [0.29, 0.717) is 0 Å². The van der Waals surface area contributed by atoms with Gasteiger partial charge in [-0.15, -0.1) is 0 Å². The Kier molecular flexibility index (Phi) is 3.93. The van der Waals surface area contributed by atoms with Gasteiger partial charge in [-0.05, 0) is 30.2 Å². The molecule has 2 aromatic carbocycles. The van der Waals surface area contributed by atoms with Gasteiger partial charge < -0.3 is 0 Å². The van der Waals surface area contributed by atoms with Crippen molar-refractivity contribution in [2.75, 3.05) is 0 Å². The normalized spacial score (nSPS) is 11.0. The summed E-state index contributed by atoms with van der Waals surface area (Å²) in [5, 5.41) is 15.6. The van der Waals surface area contributed by atoms with Crippen molar-refractivity contribution in [3.05, 3.63) is 82.7 Å². The molecule has 2 heterocycles. The lowest BCUT2D eigenvalue weighted by molar-refractivity contribution is -0.384. The van der Waals surface area contributed by atoms with Crippen LogP contribution in [0.4, 0.5) is 5.69 Å². The zero-order valence-electron chi connectivity index (χ0n) is 14.2. The topological polar surface area (TPSA) is 73.3 Å². The van der Waals surface area contributed by atoms with E-state index in [1.54, 1.807) is 18.3 Å². The zero-order valence-corrected chi connectivity index (χ0v) is 14.2. The van der Waals surface area contributed by atoms with Crippen LogP contribution in [0.3, 0.4) is 0 Å². The van der Waals surface area contributed by atoms with Crippen LogP contribution in [-0.4, -0.2) is 19.5 Å². The quantitative estimate of drug-likeness (QED) is 0.402. The van der Waals surface area contributed by atoms with Crippen LogP contribution in [0.25, 0.3) is 28.0 Å². The molecule has 0 amide bonds. The van der Waals surface area contributed by atoms with Gasteiger partial charge in [0, 0.05) is 29.5 Å². The van der Waals surface area contributed by atoms with E-state index < -0.39 is 4.92 Å². The monoisotopic (exact) mass is 344 g/mol. The lowest BCUT2D eigenvalue weighted by atomic mass is 10.0. The summed E-state index contributed by atoms with van der Waals surface area (Å²) < 4.78 is 1.82. The van der Waals surface area contributed by atoms with E-state index in [1.165, 1.54) is 12.1 Å². The van der Waals surface area contributed by atoms with Gasteiger partial charge >= 0.3 is 0 Å². The Morgan fingerprint density at radius 3 is 2.38 bits per heavy atom. The summed E-state index contributed by atoms with van der Waals surface area (Å²) in [6, 6.07) is 18.4. The molecule has 0 N–H and O–H groups in total. The van der Waals surface area contributed by atoms with E-state index in [4.69, 9.17) is 5.10 Å². The minimum atomic E-state index is -0.400. The Hall–Kier alpha value is -3.54. The van der Waals surface area contributed by atoms with E-state index in [-0.39, 0.29) is 5.69 Å². The summed E-state index contributed by atoms with van der Waals surface area (Å²) >= 11 is 0. The smallest absolute Gasteiger partial charge is 0.258 e. The highest BCUT2D eigenvalue weighted by atomic mass is 16.6. The van der Waals surface area contributed by atoms with Gasteiger partial charge in [-0.1, -0.05) is 37.3 Å². The van der Waals surface area contributed by atoms with Crippen LogP contribution in [-0.2, 0) is 6.42 Å². The number of nitro benzene ring substituents is 1. The van der Waals surface area contributed by atoms with Crippen molar-refractivity contribution in [3.8, 4) is 22.4 Å². The number of fused-ring (bicyclic) bond motifs is 1. The number of aryl methyl sites for hydroxylation is 1. The summed E-state index contributed by atoms with van der Waals surface area (Å²) in [7, 11) is 0. The average molecular weight is 344 g/mol. The predicted octanol–water partition coefficient (Wildman–Crippen LogP) is 4.53. The maximum Gasteiger partial charge on any atom is 0.269 e. The summed E-state index contributed by atoms with van der Waals surface area (Å²) in [4.78, 5) is 15.0. The fourth-order valence-electron chi connectivity index (χ4n) is 3.11. The number of non-ortho nitro benzene ring substituents is 1. The first kappa shape index (κ1) is 16.0. The Balaban J connectivity index is 1.93. The van der Waals surface area contributed by atoms with Crippen molar-refractivity contribution in [2.24, 2.45) is 0 Å². The molecule has 2 aromatic heterocycles. The van der Waals surface area contributed by atoms with Crippen LogP contribution in [0.15, 0.2) is 66.9 Å². The molecule has 0 spiro atoms. The average Bonchev–Trinajstić information content (AvgIpc) is 3.07. The van der Waals surface area contributed by atoms with Gasteiger partial charge in [0.25, 0.3) is 5.69 Å². The molecule has 4 aromatic rings. The largest absolute Gasteiger partial charge is 0.269 e. The number of benzene rings is 2. The molecule has 0 unspecified atom stereocenters. The molecule has 4 rings (SSSR count). The fraction of sp³-hybridized carbons (Fsp3) is 0.100. The second kappa shape index (κ2) is 6.40. The molecule has 0 radical (unpaired) electrons. The molecule has 0 saturated carbocycles. The van der Waals surface area contributed by atoms with Crippen molar-refractivity contribution >= 4 is 11.3 Å². The van der Waals surface area contributed by atoms with E-state index in [1.807, 2.05) is 28.8 Å². The molecule has 128 valence electrons. The molecular weight excluding hydrogens is 328 g/mol. The van der Waals surface area contributed by atoms with Gasteiger partial charge in [-0.2, -0.15) is 5.10 Å². The van der Waals surface area contributed by atoms with Gasteiger partial charge in [0.2, 0.25) is 0 Å².